The van der Waals surface area contributed by atoms with Crippen LogP contribution in [0.4, 0.5) is 11.6 Å². The molecule has 1 heterocycles. The minimum Gasteiger partial charge on any atom is -0.370 e. The molecule has 0 spiro atoms. The van der Waals surface area contributed by atoms with E-state index in [9.17, 15) is 0 Å². The van der Waals surface area contributed by atoms with E-state index >= 15 is 0 Å². The van der Waals surface area contributed by atoms with Crippen molar-refractivity contribution in [3.8, 4) is 0 Å². The van der Waals surface area contributed by atoms with Gasteiger partial charge < -0.3 is 15.5 Å². The number of nitrogens with zero attached hydrogens (tertiary/aromatic N) is 3. The Morgan fingerprint density at radius 3 is 2.35 bits per heavy atom. The molecule has 0 saturated carbocycles. The van der Waals surface area contributed by atoms with Gasteiger partial charge in [0.25, 0.3) is 0 Å². The topological polar surface area (TPSA) is 53.1 Å². The SMILES string of the molecule is CCCN(CC)CCNc1cc(NCC)nc(SC)n1. The number of anilines is 2. The molecule has 0 unspecified atom stereocenters. The first-order valence-corrected chi connectivity index (χ1v) is 8.59. The van der Waals surface area contributed by atoms with Gasteiger partial charge in [0.1, 0.15) is 11.6 Å². The summed E-state index contributed by atoms with van der Waals surface area (Å²) in [5.41, 5.74) is 0. The summed E-state index contributed by atoms with van der Waals surface area (Å²) in [5.74, 6) is 1.78. The predicted molar refractivity (Wildman–Crippen MR) is 88.9 cm³/mol. The highest BCUT2D eigenvalue weighted by atomic mass is 32.2. The zero-order chi connectivity index (χ0) is 14.8. The lowest BCUT2D eigenvalue weighted by molar-refractivity contribution is 0.300. The Morgan fingerprint density at radius 2 is 1.80 bits per heavy atom. The van der Waals surface area contributed by atoms with Gasteiger partial charge in [-0.25, -0.2) is 9.97 Å². The molecule has 0 amide bonds. The lowest BCUT2D eigenvalue weighted by Crippen LogP contribution is -2.29. The molecule has 1 rings (SSSR count). The van der Waals surface area contributed by atoms with E-state index < -0.39 is 0 Å². The minimum absolute atomic E-state index is 0.798. The molecule has 20 heavy (non-hydrogen) atoms. The van der Waals surface area contributed by atoms with E-state index in [1.54, 1.807) is 11.8 Å². The molecule has 0 bridgehead atoms. The Bertz CT molecular complexity index is 386. The van der Waals surface area contributed by atoms with Gasteiger partial charge in [-0.05, 0) is 32.7 Å². The van der Waals surface area contributed by atoms with Crippen LogP contribution >= 0.6 is 11.8 Å². The van der Waals surface area contributed by atoms with Crippen LogP contribution in [-0.4, -0.2) is 53.8 Å². The summed E-state index contributed by atoms with van der Waals surface area (Å²) in [5, 5.41) is 7.43. The first-order chi connectivity index (χ1) is 9.73. The average molecular weight is 297 g/mol. The zero-order valence-corrected chi connectivity index (χ0v) is 13.9. The molecular weight excluding hydrogens is 270 g/mol. The molecule has 0 aromatic carbocycles. The van der Waals surface area contributed by atoms with Crippen LogP contribution in [0.1, 0.15) is 27.2 Å². The monoisotopic (exact) mass is 297 g/mol. The minimum atomic E-state index is 0.798. The van der Waals surface area contributed by atoms with E-state index in [0.717, 1.165) is 49.5 Å². The molecule has 1 aromatic rings. The van der Waals surface area contributed by atoms with Crippen molar-refractivity contribution in [1.82, 2.24) is 14.9 Å². The lowest BCUT2D eigenvalue weighted by Gasteiger charge is -2.19. The Kier molecular flexibility index (Phi) is 8.37. The maximum Gasteiger partial charge on any atom is 0.191 e. The van der Waals surface area contributed by atoms with Crippen molar-refractivity contribution < 1.29 is 0 Å². The molecule has 0 aliphatic carbocycles. The van der Waals surface area contributed by atoms with Crippen molar-refractivity contribution in [3.63, 3.8) is 0 Å². The lowest BCUT2D eigenvalue weighted by atomic mass is 10.4. The molecule has 0 fully saturated rings. The van der Waals surface area contributed by atoms with Gasteiger partial charge in [0, 0.05) is 25.7 Å². The highest BCUT2D eigenvalue weighted by Crippen LogP contribution is 2.16. The summed E-state index contributed by atoms with van der Waals surface area (Å²) in [6.45, 7) is 11.5. The molecule has 0 aliphatic rings. The van der Waals surface area contributed by atoms with E-state index in [4.69, 9.17) is 0 Å². The molecule has 1 aromatic heterocycles. The van der Waals surface area contributed by atoms with E-state index in [1.165, 1.54) is 6.42 Å². The molecule has 0 radical (unpaired) electrons. The fourth-order valence-electron chi connectivity index (χ4n) is 1.97. The maximum atomic E-state index is 4.49. The second-order valence-electron chi connectivity index (χ2n) is 4.52. The number of nitrogens with one attached hydrogen (secondary N) is 2. The van der Waals surface area contributed by atoms with Gasteiger partial charge >= 0.3 is 0 Å². The van der Waals surface area contributed by atoms with Gasteiger partial charge in [0.15, 0.2) is 5.16 Å². The van der Waals surface area contributed by atoms with Crippen molar-refractivity contribution in [2.75, 3.05) is 49.6 Å². The van der Waals surface area contributed by atoms with E-state index in [1.807, 2.05) is 12.3 Å². The normalized spacial score (nSPS) is 10.8. The first-order valence-electron chi connectivity index (χ1n) is 7.36. The standard InChI is InChI=1S/C14H27N5S/c1-5-9-19(7-3)10-8-16-13-11-12(15-6-2)17-14(18-13)20-4/h11H,5-10H2,1-4H3,(H2,15,16,17,18). The van der Waals surface area contributed by atoms with Crippen LogP contribution in [0.25, 0.3) is 0 Å². The van der Waals surface area contributed by atoms with Gasteiger partial charge in [-0.3, -0.25) is 0 Å². The number of rotatable bonds is 10. The van der Waals surface area contributed by atoms with Gasteiger partial charge in [0.05, 0.1) is 0 Å². The van der Waals surface area contributed by atoms with Crippen molar-refractivity contribution >= 4 is 23.4 Å². The smallest absolute Gasteiger partial charge is 0.191 e. The molecule has 5 nitrogen and oxygen atoms in total. The van der Waals surface area contributed by atoms with Crippen LogP contribution in [0, 0.1) is 0 Å². The summed E-state index contributed by atoms with van der Waals surface area (Å²) < 4.78 is 0. The quantitative estimate of drug-likeness (QED) is 0.511. The number of hydrogen-bond donors (Lipinski definition) is 2. The van der Waals surface area contributed by atoms with Crippen molar-refractivity contribution in [3.05, 3.63) is 6.07 Å². The largest absolute Gasteiger partial charge is 0.370 e. The Hall–Kier alpha value is -1.01. The molecule has 0 atom stereocenters. The average Bonchev–Trinajstić information content (AvgIpc) is 2.46. The number of likely N-dealkylation sites (N-methyl/N-ethyl adjacent to an activating group) is 1. The Morgan fingerprint density at radius 1 is 1.10 bits per heavy atom. The third kappa shape index (κ3) is 5.96. The molecule has 2 N–H and O–H groups in total. The molecule has 0 aliphatic heterocycles. The maximum absolute atomic E-state index is 4.49. The highest BCUT2D eigenvalue weighted by molar-refractivity contribution is 7.98. The van der Waals surface area contributed by atoms with Crippen molar-refractivity contribution in [2.45, 2.75) is 32.3 Å². The molecule has 114 valence electrons. The van der Waals surface area contributed by atoms with Gasteiger partial charge in [-0.15, -0.1) is 0 Å². The highest BCUT2D eigenvalue weighted by Gasteiger charge is 2.04. The number of aromatic nitrogens is 2. The van der Waals surface area contributed by atoms with Crippen LogP contribution in [0.15, 0.2) is 11.2 Å². The van der Waals surface area contributed by atoms with Crippen molar-refractivity contribution in [2.24, 2.45) is 0 Å². The molecular formula is C14H27N5S. The molecule has 6 heteroatoms. The fraction of sp³-hybridized carbons (Fsp3) is 0.714. The van der Waals surface area contributed by atoms with E-state index in [-0.39, 0.29) is 0 Å². The van der Waals surface area contributed by atoms with Crippen LogP contribution in [0.5, 0.6) is 0 Å². The Balaban J connectivity index is 2.55. The second-order valence-corrected chi connectivity index (χ2v) is 5.29. The summed E-state index contributed by atoms with van der Waals surface area (Å²) in [6, 6.07) is 1.97. The zero-order valence-electron chi connectivity index (χ0n) is 13.1. The third-order valence-corrected chi connectivity index (χ3v) is 3.52. The summed E-state index contributed by atoms with van der Waals surface area (Å²) in [6.07, 6.45) is 3.19. The van der Waals surface area contributed by atoms with Crippen LogP contribution in [0.2, 0.25) is 0 Å². The van der Waals surface area contributed by atoms with E-state index in [0.29, 0.717) is 0 Å². The second kappa shape index (κ2) is 9.83. The summed E-state index contributed by atoms with van der Waals surface area (Å²) in [7, 11) is 0. The first kappa shape index (κ1) is 17.0. The molecule has 0 saturated heterocycles. The van der Waals surface area contributed by atoms with Gasteiger partial charge in [-0.2, -0.15) is 0 Å². The third-order valence-electron chi connectivity index (χ3n) is 2.97. The Labute approximate surface area is 127 Å². The van der Waals surface area contributed by atoms with E-state index in [2.05, 4.69) is 46.3 Å². The number of hydrogen-bond acceptors (Lipinski definition) is 6. The summed E-state index contributed by atoms with van der Waals surface area (Å²) >= 11 is 1.56. The fourth-order valence-corrected chi connectivity index (χ4v) is 2.34. The van der Waals surface area contributed by atoms with Gasteiger partial charge in [0.2, 0.25) is 0 Å². The predicted octanol–water partition coefficient (Wildman–Crippen LogP) is 2.77. The van der Waals surface area contributed by atoms with Crippen LogP contribution in [-0.2, 0) is 0 Å². The van der Waals surface area contributed by atoms with Crippen LogP contribution in [0.3, 0.4) is 0 Å². The summed E-state index contributed by atoms with van der Waals surface area (Å²) in [4.78, 5) is 11.3. The van der Waals surface area contributed by atoms with Crippen LogP contribution < -0.4 is 10.6 Å². The number of thioether (sulfide) groups is 1. The van der Waals surface area contributed by atoms with Crippen molar-refractivity contribution in [1.29, 1.82) is 0 Å². The van der Waals surface area contributed by atoms with Gasteiger partial charge in [-0.1, -0.05) is 25.6 Å².